The second kappa shape index (κ2) is 11.9. The maximum absolute atomic E-state index is 13.5. The molecule has 1 amide bonds. The zero-order chi connectivity index (χ0) is 28.1. The summed E-state index contributed by atoms with van der Waals surface area (Å²) in [4.78, 5) is 49.2. The van der Waals surface area contributed by atoms with E-state index in [1.807, 2.05) is 6.92 Å². The lowest BCUT2D eigenvalue weighted by molar-refractivity contribution is -0.132. The summed E-state index contributed by atoms with van der Waals surface area (Å²) in [6.45, 7) is 9.52. The summed E-state index contributed by atoms with van der Waals surface area (Å²) in [5.41, 5.74) is 0.988. The van der Waals surface area contributed by atoms with Gasteiger partial charge in [-0.15, -0.1) is 0 Å². The summed E-state index contributed by atoms with van der Waals surface area (Å²) in [6.07, 6.45) is 4.53. The van der Waals surface area contributed by atoms with Crippen LogP contribution in [0.25, 0.3) is 5.76 Å². The third-order valence-electron chi connectivity index (χ3n) is 5.79. The standard InChI is InChI=1S/C28H27N3O7S/c1-5-14-38-19-9-8-18(15-20(19)36-6-2)22-21(23(32)17-10-12-29-13-11-17)24(33)26(34)31(22)28-30-16(4)25(39-28)27(35)37-7-3/h5,8-13,15,22,32H,1,6-7,14H2,2-4H3. The Kier molecular flexibility index (Phi) is 8.40. The van der Waals surface area contributed by atoms with Crippen LogP contribution >= 0.6 is 11.3 Å². The number of aromatic nitrogens is 2. The van der Waals surface area contributed by atoms with E-state index in [1.165, 1.54) is 29.4 Å². The third-order valence-corrected chi connectivity index (χ3v) is 6.93. The smallest absolute Gasteiger partial charge is 0.350 e. The molecule has 3 heterocycles. The van der Waals surface area contributed by atoms with Crippen molar-refractivity contribution in [2.24, 2.45) is 0 Å². The number of hydrogen-bond donors (Lipinski definition) is 1. The number of Topliss-reactive ketones (excluding diaryl/α,β-unsaturated/α-hetero) is 1. The monoisotopic (exact) mass is 549 g/mol. The molecule has 10 nitrogen and oxygen atoms in total. The first-order valence-corrected chi connectivity index (χ1v) is 13.0. The molecular formula is C28H27N3O7S. The van der Waals surface area contributed by atoms with E-state index >= 15 is 0 Å². The van der Waals surface area contributed by atoms with Gasteiger partial charge in [0.25, 0.3) is 5.78 Å². The number of aryl methyl sites for hydroxylation is 1. The fourth-order valence-corrected chi connectivity index (χ4v) is 5.10. The summed E-state index contributed by atoms with van der Waals surface area (Å²) < 4.78 is 16.6. The Balaban J connectivity index is 1.92. The summed E-state index contributed by atoms with van der Waals surface area (Å²) in [5, 5.41) is 11.4. The van der Waals surface area contributed by atoms with Crippen LogP contribution in [-0.2, 0) is 14.3 Å². The molecule has 1 N–H and O–H groups in total. The maximum atomic E-state index is 13.5. The number of aliphatic hydroxyl groups excluding tert-OH is 1. The molecule has 0 bridgehead atoms. The number of rotatable bonds is 10. The number of aliphatic hydroxyl groups is 1. The highest BCUT2D eigenvalue weighted by atomic mass is 32.1. The quantitative estimate of drug-likeness (QED) is 0.127. The van der Waals surface area contributed by atoms with Crippen molar-refractivity contribution in [1.82, 2.24) is 9.97 Å². The minimum Gasteiger partial charge on any atom is -0.507 e. The predicted octanol–water partition coefficient (Wildman–Crippen LogP) is 4.61. The van der Waals surface area contributed by atoms with E-state index < -0.39 is 23.7 Å². The van der Waals surface area contributed by atoms with Crippen molar-refractivity contribution < 1.29 is 33.7 Å². The Morgan fingerprint density at radius 3 is 2.54 bits per heavy atom. The van der Waals surface area contributed by atoms with Crippen molar-refractivity contribution in [1.29, 1.82) is 0 Å². The van der Waals surface area contributed by atoms with Gasteiger partial charge in [0.15, 0.2) is 16.6 Å². The molecule has 1 aliphatic heterocycles. The predicted molar refractivity (Wildman–Crippen MR) is 145 cm³/mol. The molecule has 1 saturated heterocycles. The Labute approximate surface area is 229 Å². The number of carbonyl (C=O) groups excluding carboxylic acids is 3. The van der Waals surface area contributed by atoms with E-state index in [0.717, 1.165) is 11.3 Å². The Morgan fingerprint density at radius 2 is 1.87 bits per heavy atom. The summed E-state index contributed by atoms with van der Waals surface area (Å²) in [5.74, 6) is -1.91. The van der Waals surface area contributed by atoms with Gasteiger partial charge in [0.05, 0.1) is 30.5 Å². The SMILES string of the molecule is C=CCOc1ccc(C2C(=C(O)c3ccncc3)C(=O)C(=O)N2c2nc(C)c(C(=O)OCC)s2)cc1OCC. The normalized spacial score (nSPS) is 16.3. The second-order valence-electron chi connectivity index (χ2n) is 8.28. The average molecular weight is 550 g/mol. The highest BCUT2D eigenvalue weighted by molar-refractivity contribution is 7.17. The zero-order valence-corrected chi connectivity index (χ0v) is 22.5. The Hall–Kier alpha value is -4.51. The Morgan fingerprint density at radius 1 is 1.13 bits per heavy atom. The van der Waals surface area contributed by atoms with Crippen LogP contribution in [0.5, 0.6) is 11.5 Å². The van der Waals surface area contributed by atoms with Crippen LogP contribution in [0.3, 0.4) is 0 Å². The number of amides is 1. The molecule has 39 heavy (non-hydrogen) atoms. The minimum atomic E-state index is -1.08. The van der Waals surface area contributed by atoms with Gasteiger partial charge < -0.3 is 19.3 Å². The molecule has 3 aromatic rings. The first-order valence-electron chi connectivity index (χ1n) is 12.2. The van der Waals surface area contributed by atoms with Crippen LogP contribution < -0.4 is 14.4 Å². The lowest BCUT2D eigenvalue weighted by Crippen LogP contribution is -2.29. The number of anilines is 1. The van der Waals surface area contributed by atoms with Gasteiger partial charge >= 0.3 is 11.9 Å². The number of ether oxygens (including phenoxy) is 3. The molecule has 0 radical (unpaired) electrons. The minimum absolute atomic E-state index is 0.112. The third kappa shape index (κ3) is 5.39. The van der Waals surface area contributed by atoms with Crippen molar-refractivity contribution in [3.05, 3.63) is 82.7 Å². The van der Waals surface area contributed by atoms with Crippen molar-refractivity contribution >= 4 is 39.9 Å². The van der Waals surface area contributed by atoms with Crippen LogP contribution in [0, 0.1) is 6.92 Å². The van der Waals surface area contributed by atoms with E-state index in [1.54, 1.807) is 38.1 Å². The van der Waals surface area contributed by atoms with Crippen LogP contribution in [0.1, 0.15) is 46.4 Å². The molecule has 2 aromatic heterocycles. The summed E-state index contributed by atoms with van der Waals surface area (Å²) in [6, 6.07) is 6.97. The van der Waals surface area contributed by atoms with Gasteiger partial charge in [-0.05, 0) is 50.6 Å². The first kappa shape index (κ1) is 27.5. The topological polar surface area (TPSA) is 128 Å². The van der Waals surface area contributed by atoms with Crippen molar-refractivity contribution in [2.45, 2.75) is 26.8 Å². The van der Waals surface area contributed by atoms with Gasteiger partial charge in [-0.3, -0.25) is 19.5 Å². The van der Waals surface area contributed by atoms with Crippen LogP contribution in [-0.4, -0.2) is 52.6 Å². The molecule has 202 valence electrons. The van der Waals surface area contributed by atoms with Crippen LogP contribution in [0.4, 0.5) is 5.13 Å². The van der Waals surface area contributed by atoms with Crippen molar-refractivity contribution in [3.8, 4) is 11.5 Å². The largest absolute Gasteiger partial charge is 0.507 e. The molecule has 1 aromatic carbocycles. The number of benzene rings is 1. The van der Waals surface area contributed by atoms with E-state index in [0.29, 0.717) is 34.9 Å². The van der Waals surface area contributed by atoms with Crippen molar-refractivity contribution in [3.63, 3.8) is 0 Å². The van der Waals surface area contributed by atoms with Gasteiger partial charge in [0.2, 0.25) is 0 Å². The number of pyridine rings is 1. The van der Waals surface area contributed by atoms with Gasteiger partial charge in [0, 0.05) is 18.0 Å². The number of ketones is 1. The molecule has 0 spiro atoms. The van der Waals surface area contributed by atoms with E-state index in [9.17, 15) is 19.5 Å². The maximum Gasteiger partial charge on any atom is 0.350 e. The van der Waals surface area contributed by atoms with Gasteiger partial charge in [-0.2, -0.15) is 0 Å². The molecule has 4 rings (SSSR count). The molecular weight excluding hydrogens is 522 g/mol. The molecule has 11 heteroatoms. The molecule has 0 saturated carbocycles. The molecule has 0 aliphatic carbocycles. The van der Waals surface area contributed by atoms with Gasteiger partial charge in [0.1, 0.15) is 17.2 Å². The summed E-state index contributed by atoms with van der Waals surface area (Å²) in [7, 11) is 0. The number of hydrogen-bond acceptors (Lipinski definition) is 10. The highest BCUT2D eigenvalue weighted by Gasteiger charge is 2.48. The average Bonchev–Trinajstić information content (AvgIpc) is 3.44. The van der Waals surface area contributed by atoms with Gasteiger partial charge in [-0.1, -0.05) is 30.1 Å². The molecule has 1 fully saturated rings. The van der Waals surface area contributed by atoms with Crippen LogP contribution in [0.15, 0.2) is 61.0 Å². The van der Waals surface area contributed by atoms with E-state index in [-0.39, 0.29) is 34.6 Å². The summed E-state index contributed by atoms with van der Waals surface area (Å²) >= 11 is 0.933. The van der Waals surface area contributed by atoms with E-state index in [2.05, 4.69) is 16.5 Å². The fraction of sp³-hybridized carbons (Fsp3) is 0.250. The molecule has 1 atom stereocenters. The van der Waals surface area contributed by atoms with Crippen molar-refractivity contribution in [2.75, 3.05) is 24.7 Å². The number of esters is 1. The van der Waals surface area contributed by atoms with E-state index in [4.69, 9.17) is 14.2 Å². The number of nitrogens with zero attached hydrogens (tertiary/aromatic N) is 3. The fourth-order valence-electron chi connectivity index (χ4n) is 4.11. The zero-order valence-electron chi connectivity index (χ0n) is 21.7. The number of carbonyl (C=O) groups is 3. The van der Waals surface area contributed by atoms with Crippen LogP contribution in [0.2, 0.25) is 0 Å². The Bertz CT molecular complexity index is 1450. The second-order valence-corrected chi connectivity index (χ2v) is 9.25. The highest BCUT2D eigenvalue weighted by Crippen LogP contribution is 2.45. The first-order chi connectivity index (χ1) is 18.8. The van der Waals surface area contributed by atoms with Gasteiger partial charge in [-0.25, -0.2) is 9.78 Å². The molecule has 1 aliphatic rings. The number of thiazole rings is 1. The lowest BCUT2D eigenvalue weighted by Gasteiger charge is -2.24. The molecule has 1 unspecified atom stereocenters. The lowest BCUT2D eigenvalue weighted by atomic mass is 9.95.